The molecule has 3 aromatic rings. The van der Waals surface area contributed by atoms with E-state index < -0.39 is 5.92 Å². The van der Waals surface area contributed by atoms with Gasteiger partial charge in [0.2, 0.25) is 11.8 Å². The summed E-state index contributed by atoms with van der Waals surface area (Å²) < 4.78 is 0. The molecular weight excluding hydrogens is 372 g/mol. The number of hydrogen-bond donors (Lipinski definition) is 0. The molecule has 4 nitrogen and oxygen atoms in total. The number of fused-ring (bicyclic) bond motifs is 2. The zero-order chi connectivity index (χ0) is 21.0. The minimum atomic E-state index is -0.456. The summed E-state index contributed by atoms with van der Waals surface area (Å²) in [5.74, 6) is -0.749. The first kappa shape index (κ1) is 18.6. The number of carbonyl (C=O) groups excluding carboxylic acids is 2. The summed E-state index contributed by atoms with van der Waals surface area (Å²) in [6.45, 7) is 4.34. The van der Waals surface area contributed by atoms with Crippen LogP contribution in [0.2, 0.25) is 0 Å². The van der Waals surface area contributed by atoms with Crippen LogP contribution in [0.3, 0.4) is 0 Å². The van der Waals surface area contributed by atoms with Gasteiger partial charge in [-0.1, -0.05) is 74.5 Å². The molecule has 0 radical (unpaired) electrons. The Kier molecular flexibility index (Phi) is 4.07. The van der Waals surface area contributed by atoms with E-state index in [0.717, 1.165) is 22.2 Å². The van der Waals surface area contributed by atoms with Crippen LogP contribution < -0.4 is 9.80 Å². The van der Waals surface area contributed by atoms with Gasteiger partial charge >= 0.3 is 0 Å². The highest BCUT2D eigenvalue weighted by Gasteiger charge is 2.43. The molecule has 0 unspecified atom stereocenters. The van der Waals surface area contributed by atoms with Gasteiger partial charge in [-0.2, -0.15) is 0 Å². The molecule has 0 saturated carbocycles. The Labute approximate surface area is 176 Å². The van der Waals surface area contributed by atoms with Gasteiger partial charge in [-0.05, 0) is 23.1 Å². The fourth-order valence-corrected chi connectivity index (χ4v) is 4.93. The average Bonchev–Trinajstić information content (AvgIpc) is 3.13. The molecule has 2 heterocycles. The van der Waals surface area contributed by atoms with Crippen LogP contribution in [0, 0.1) is 5.92 Å². The lowest BCUT2D eigenvalue weighted by Crippen LogP contribution is -2.31. The van der Waals surface area contributed by atoms with E-state index in [1.165, 1.54) is 10.5 Å². The second-order valence-electron chi connectivity index (χ2n) is 8.63. The SMILES string of the molecule is CN1/C(=C/[C@H]2CC(=O)N(c3cccc4ccccc34)C2=O)C(C)(C)c2ccccc21. The highest BCUT2D eigenvalue weighted by Crippen LogP contribution is 2.47. The van der Waals surface area contributed by atoms with E-state index >= 15 is 0 Å². The molecule has 0 spiro atoms. The highest BCUT2D eigenvalue weighted by atomic mass is 16.2. The third-order valence-corrected chi connectivity index (χ3v) is 6.49. The topological polar surface area (TPSA) is 40.6 Å². The largest absolute Gasteiger partial charge is 0.347 e. The van der Waals surface area contributed by atoms with E-state index in [9.17, 15) is 9.59 Å². The standard InChI is InChI=1S/C26H24N2O2/c1-26(2)20-12-6-7-13-22(20)27(3)23(26)15-18-16-24(29)28(25(18)30)21-14-8-10-17-9-4-5-11-19(17)21/h4-15,18H,16H2,1-3H3/b23-15+/t18-/m0/s1. The summed E-state index contributed by atoms with van der Waals surface area (Å²) in [7, 11) is 2.03. The third kappa shape index (κ3) is 2.60. The molecule has 1 atom stereocenters. The molecule has 0 aromatic heterocycles. The number of amides is 2. The van der Waals surface area contributed by atoms with Crippen LogP contribution in [0.4, 0.5) is 11.4 Å². The molecule has 5 rings (SSSR count). The zero-order valence-corrected chi connectivity index (χ0v) is 17.4. The summed E-state index contributed by atoms with van der Waals surface area (Å²) in [5, 5.41) is 1.94. The number of imide groups is 1. The maximum atomic E-state index is 13.4. The molecule has 3 aromatic carbocycles. The molecule has 0 N–H and O–H groups in total. The van der Waals surface area contributed by atoms with Crippen LogP contribution in [0.25, 0.3) is 10.8 Å². The number of rotatable bonds is 2. The van der Waals surface area contributed by atoms with Gasteiger partial charge in [0.1, 0.15) is 0 Å². The second kappa shape index (κ2) is 6.56. The van der Waals surface area contributed by atoms with Gasteiger partial charge in [0.15, 0.2) is 0 Å². The lowest BCUT2D eigenvalue weighted by molar-refractivity contribution is -0.121. The predicted molar refractivity (Wildman–Crippen MR) is 121 cm³/mol. The van der Waals surface area contributed by atoms with Crippen molar-refractivity contribution < 1.29 is 9.59 Å². The number of benzene rings is 3. The number of para-hydroxylation sites is 1. The van der Waals surface area contributed by atoms with E-state index in [1.54, 1.807) is 0 Å². The predicted octanol–water partition coefficient (Wildman–Crippen LogP) is 5.03. The Bertz CT molecular complexity index is 1220. The van der Waals surface area contributed by atoms with Crippen molar-refractivity contribution >= 4 is 34.0 Å². The first-order valence-corrected chi connectivity index (χ1v) is 10.3. The molecular formula is C26H24N2O2. The second-order valence-corrected chi connectivity index (χ2v) is 8.63. The summed E-state index contributed by atoms with van der Waals surface area (Å²) in [5.41, 5.74) is 3.90. The van der Waals surface area contributed by atoms with Gasteiger partial charge in [-0.25, -0.2) is 4.90 Å². The lowest BCUT2D eigenvalue weighted by Gasteiger charge is -2.25. The molecule has 30 heavy (non-hydrogen) atoms. The van der Waals surface area contributed by atoms with Gasteiger partial charge in [0.05, 0.1) is 11.6 Å². The van der Waals surface area contributed by atoms with Crippen LogP contribution in [-0.4, -0.2) is 18.9 Å². The maximum absolute atomic E-state index is 13.4. The Balaban J connectivity index is 1.54. The van der Waals surface area contributed by atoms with Gasteiger partial charge in [-0.3, -0.25) is 9.59 Å². The number of nitrogens with zero attached hydrogens (tertiary/aromatic N) is 2. The summed E-state index contributed by atoms with van der Waals surface area (Å²) in [6.07, 6.45) is 2.21. The van der Waals surface area contributed by atoms with Crippen molar-refractivity contribution in [1.82, 2.24) is 0 Å². The molecule has 0 bridgehead atoms. The number of hydrogen-bond acceptors (Lipinski definition) is 3. The van der Waals surface area contributed by atoms with Gasteiger partial charge in [0.25, 0.3) is 0 Å². The van der Waals surface area contributed by atoms with E-state index in [2.05, 4.69) is 30.9 Å². The number of anilines is 2. The minimum absolute atomic E-state index is 0.144. The van der Waals surface area contributed by atoms with E-state index in [-0.39, 0.29) is 23.7 Å². The average molecular weight is 396 g/mol. The monoisotopic (exact) mass is 396 g/mol. The third-order valence-electron chi connectivity index (χ3n) is 6.49. The van der Waals surface area contributed by atoms with Crippen molar-refractivity contribution in [3.63, 3.8) is 0 Å². The van der Waals surface area contributed by atoms with Crippen molar-refractivity contribution in [1.29, 1.82) is 0 Å². The van der Waals surface area contributed by atoms with Crippen LogP contribution in [-0.2, 0) is 15.0 Å². The van der Waals surface area contributed by atoms with Gasteiger partial charge in [0, 0.05) is 35.7 Å². The van der Waals surface area contributed by atoms with Crippen molar-refractivity contribution in [3.8, 4) is 0 Å². The van der Waals surface area contributed by atoms with Crippen LogP contribution in [0.1, 0.15) is 25.8 Å². The van der Waals surface area contributed by atoms with Crippen LogP contribution in [0.15, 0.2) is 78.5 Å². The Hall–Kier alpha value is -3.40. The van der Waals surface area contributed by atoms with Crippen molar-refractivity contribution in [2.24, 2.45) is 5.92 Å². The summed E-state index contributed by atoms with van der Waals surface area (Å²) >= 11 is 0. The van der Waals surface area contributed by atoms with Crippen molar-refractivity contribution in [3.05, 3.63) is 84.1 Å². The Morgan fingerprint density at radius 1 is 0.900 bits per heavy atom. The molecule has 2 amide bonds. The van der Waals surface area contributed by atoms with Crippen molar-refractivity contribution in [2.45, 2.75) is 25.7 Å². The van der Waals surface area contributed by atoms with E-state index in [0.29, 0.717) is 5.69 Å². The summed E-state index contributed by atoms with van der Waals surface area (Å²) in [6, 6.07) is 21.9. The fraction of sp³-hybridized carbons (Fsp3) is 0.231. The van der Waals surface area contributed by atoms with Gasteiger partial charge < -0.3 is 4.90 Å². The molecule has 2 aliphatic rings. The number of likely N-dealkylation sites (N-methyl/N-ethyl adjacent to an activating group) is 1. The zero-order valence-electron chi connectivity index (χ0n) is 17.4. The first-order chi connectivity index (χ1) is 14.4. The first-order valence-electron chi connectivity index (χ1n) is 10.3. The quantitative estimate of drug-likeness (QED) is 0.571. The smallest absolute Gasteiger partial charge is 0.241 e. The van der Waals surface area contributed by atoms with E-state index in [4.69, 9.17) is 0 Å². The van der Waals surface area contributed by atoms with Gasteiger partial charge in [-0.15, -0.1) is 0 Å². The molecule has 2 aliphatic heterocycles. The lowest BCUT2D eigenvalue weighted by atomic mass is 9.82. The molecule has 0 aliphatic carbocycles. The maximum Gasteiger partial charge on any atom is 0.241 e. The molecule has 4 heteroatoms. The fourth-order valence-electron chi connectivity index (χ4n) is 4.93. The van der Waals surface area contributed by atoms with Crippen LogP contribution in [0.5, 0.6) is 0 Å². The van der Waals surface area contributed by atoms with E-state index in [1.807, 2.05) is 67.7 Å². The van der Waals surface area contributed by atoms with Crippen molar-refractivity contribution in [2.75, 3.05) is 16.8 Å². The summed E-state index contributed by atoms with van der Waals surface area (Å²) in [4.78, 5) is 29.8. The Morgan fingerprint density at radius 3 is 2.37 bits per heavy atom. The normalized spacial score (nSPS) is 21.7. The Morgan fingerprint density at radius 2 is 1.57 bits per heavy atom. The number of carbonyl (C=O) groups is 2. The van der Waals surface area contributed by atoms with Crippen LogP contribution >= 0.6 is 0 Å². The molecule has 1 fully saturated rings. The minimum Gasteiger partial charge on any atom is -0.347 e. The molecule has 1 saturated heterocycles. The molecule has 150 valence electrons. The highest BCUT2D eigenvalue weighted by molar-refractivity contribution is 6.24. The number of allylic oxidation sites excluding steroid dienone is 1.